The van der Waals surface area contributed by atoms with E-state index in [1.165, 1.54) is 11.8 Å². The summed E-state index contributed by atoms with van der Waals surface area (Å²) in [5, 5.41) is 2.85. The monoisotopic (exact) mass is 346 g/mol. The Kier molecular flexibility index (Phi) is 5.59. The van der Waals surface area contributed by atoms with Crippen molar-refractivity contribution in [3.8, 4) is 0 Å². The van der Waals surface area contributed by atoms with Gasteiger partial charge in [0.1, 0.15) is 5.69 Å². The zero-order chi connectivity index (χ0) is 18.4. The Morgan fingerprint density at radius 2 is 1.69 bits per heavy atom. The molecule has 0 aliphatic rings. The first-order valence-corrected chi connectivity index (χ1v) is 8.76. The number of nitrogens with one attached hydrogen (secondary N) is 1. The van der Waals surface area contributed by atoms with E-state index in [2.05, 4.69) is 29.1 Å². The lowest BCUT2D eigenvalue weighted by Gasteiger charge is -2.21. The van der Waals surface area contributed by atoms with Crippen molar-refractivity contribution in [3.63, 3.8) is 0 Å². The third-order valence-electron chi connectivity index (χ3n) is 4.15. The number of carbonyl (C=O) groups is 1. The molecule has 0 saturated heterocycles. The van der Waals surface area contributed by atoms with Crippen molar-refractivity contribution in [1.82, 2.24) is 9.97 Å². The standard InChI is InChI=1S/C21H22N4O/c1-3-16-10-12-17(13-11-16)24-21(26)19-14-23-20(15-22-19)25(4-2)18-8-6-5-7-9-18/h5-15H,3-4H2,1-2H3,(H,24,26). The summed E-state index contributed by atoms with van der Waals surface area (Å²) < 4.78 is 0. The molecule has 1 amide bonds. The Bertz CT molecular complexity index is 845. The molecular formula is C21H22N4O. The van der Waals surface area contributed by atoms with Crippen LogP contribution in [0.1, 0.15) is 29.9 Å². The van der Waals surface area contributed by atoms with Crippen molar-refractivity contribution < 1.29 is 4.79 Å². The number of hydrogen-bond donors (Lipinski definition) is 1. The van der Waals surface area contributed by atoms with Crippen LogP contribution in [-0.4, -0.2) is 22.4 Å². The lowest BCUT2D eigenvalue weighted by molar-refractivity contribution is 0.102. The highest BCUT2D eigenvalue weighted by Crippen LogP contribution is 2.22. The minimum Gasteiger partial charge on any atom is -0.325 e. The summed E-state index contributed by atoms with van der Waals surface area (Å²) in [4.78, 5) is 23.1. The lowest BCUT2D eigenvalue weighted by Crippen LogP contribution is -2.19. The van der Waals surface area contributed by atoms with Crippen LogP contribution < -0.4 is 10.2 Å². The molecular weight excluding hydrogens is 324 g/mol. The SMILES string of the molecule is CCc1ccc(NC(=O)c2cnc(N(CC)c3ccccc3)cn2)cc1. The molecule has 0 atom stereocenters. The molecule has 0 radical (unpaired) electrons. The number of carbonyl (C=O) groups excluding carboxylic acids is 1. The van der Waals surface area contributed by atoms with Crippen LogP contribution in [0.25, 0.3) is 0 Å². The highest BCUT2D eigenvalue weighted by molar-refractivity contribution is 6.02. The molecule has 1 heterocycles. The van der Waals surface area contributed by atoms with Crippen LogP contribution >= 0.6 is 0 Å². The maximum Gasteiger partial charge on any atom is 0.275 e. The Labute approximate surface area is 153 Å². The van der Waals surface area contributed by atoms with E-state index < -0.39 is 0 Å². The molecule has 5 heteroatoms. The molecule has 26 heavy (non-hydrogen) atoms. The quantitative estimate of drug-likeness (QED) is 0.716. The molecule has 0 spiro atoms. The van der Waals surface area contributed by atoms with Crippen molar-refractivity contribution in [3.05, 3.63) is 78.2 Å². The van der Waals surface area contributed by atoms with Gasteiger partial charge in [0.15, 0.2) is 5.82 Å². The van der Waals surface area contributed by atoms with Gasteiger partial charge in [0.05, 0.1) is 12.4 Å². The van der Waals surface area contributed by atoms with Crippen molar-refractivity contribution in [2.75, 3.05) is 16.8 Å². The van der Waals surface area contributed by atoms with Gasteiger partial charge in [-0.1, -0.05) is 37.3 Å². The Morgan fingerprint density at radius 3 is 2.27 bits per heavy atom. The van der Waals surface area contributed by atoms with E-state index in [1.807, 2.05) is 59.5 Å². The molecule has 0 aliphatic heterocycles. The zero-order valence-electron chi connectivity index (χ0n) is 15.0. The van der Waals surface area contributed by atoms with Gasteiger partial charge in [-0.15, -0.1) is 0 Å². The highest BCUT2D eigenvalue weighted by Gasteiger charge is 2.12. The summed E-state index contributed by atoms with van der Waals surface area (Å²) in [6.07, 6.45) is 4.11. The Morgan fingerprint density at radius 1 is 0.962 bits per heavy atom. The summed E-state index contributed by atoms with van der Waals surface area (Å²) in [5.74, 6) is 0.443. The highest BCUT2D eigenvalue weighted by atomic mass is 16.1. The smallest absolute Gasteiger partial charge is 0.275 e. The number of para-hydroxylation sites is 1. The van der Waals surface area contributed by atoms with Crippen LogP contribution in [0.4, 0.5) is 17.2 Å². The molecule has 2 aromatic carbocycles. The molecule has 0 fully saturated rings. The van der Waals surface area contributed by atoms with Crippen LogP contribution in [0.2, 0.25) is 0 Å². The third kappa shape index (κ3) is 4.06. The summed E-state index contributed by atoms with van der Waals surface area (Å²) in [5.41, 5.74) is 3.31. The molecule has 1 N–H and O–H groups in total. The van der Waals surface area contributed by atoms with E-state index in [4.69, 9.17) is 0 Å². The molecule has 132 valence electrons. The first kappa shape index (κ1) is 17.6. The van der Waals surface area contributed by atoms with Gasteiger partial charge in [-0.25, -0.2) is 9.97 Å². The number of rotatable bonds is 6. The number of hydrogen-bond acceptors (Lipinski definition) is 4. The van der Waals surface area contributed by atoms with Gasteiger partial charge in [-0.3, -0.25) is 4.79 Å². The van der Waals surface area contributed by atoms with Crippen LogP contribution in [0.5, 0.6) is 0 Å². The number of amides is 1. The molecule has 0 bridgehead atoms. The topological polar surface area (TPSA) is 58.1 Å². The molecule has 5 nitrogen and oxygen atoms in total. The minimum absolute atomic E-state index is 0.268. The van der Waals surface area contributed by atoms with Crippen molar-refractivity contribution in [1.29, 1.82) is 0 Å². The van der Waals surface area contributed by atoms with Gasteiger partial charge < -0.3 is 10.2 Å². The van der Waals surface area contributed by atoms with Crippen molar-refractivity contribution in [2.24, 2.45) is 0 Å². The van der Waals surface area contributed by atoms with Gasteiger partial charge >= 0.3 is 0 Å². The normalized spacial score (nSPS) is 10.4. The summed E-state index contributed by atoms with van der Waals surface area (Å²) in [6, 6.07) is 17.8. The van der Waals surface area contributed by atoms with E-state index in [0.29, 0.717) is 5.82 Å². The van der Waals surface area contributed by atoms with Crippen LogP contribution in [0.15, 0.2) is 67.0 Å². The van der Waals surface area contributed by atoms with Gasteiger partial charge in [0.25, 0.3) is 5.91 Å². The van der Waals surface area contributed by atoms with E-state index in [9.17, 15) is 4.79 Å². The maximum atomic E-state index is 12.4. The van der Waals surface area contributed by atoms with Crippen molar-refractivity contribution in [2.45, 2.75) is 20.3 Å². The average molecular weight is 346 g/mol. The summed E-state index contributed by atoms with van der Waals surface area (Å²) in [6.45, 7) is 4.91. The van der Waals surface area contributed by atoms with E-state index in [1.54, 1.807) is 6.20 Å². The molecule has 0 aliphatic carbocycles. The van der Waals surface area contributed by atoms with Gasteiger partial charge in [-0.05, 0) is 43.2 Å². The largest absolute Gasteiger partial charge is 0.325 e. The number of nitrogens with zero attached hydrogens (tertiary/aromatic N) is 3. The summed E-state index contributed by atoms with van der Waals surface area (Å²) >= 11 is 0. The van der Waals surface area contributed by atoms with Crippen molar-refractivity contribution >= 4 is 23.1 Å². The third-order valence-corrected chi connectivity index (χ3v) is 4.15. The van der Waals surface area contributed by atoms with E-state index in [0.717, 1.165) is 24.3 Å². The molecule has 3 aromatic rings. The first-order valence-electron chi connectivity index (χ1n) is 8.76. The van der Waals surface area contributed by atoms with Gasteiger partial charge in [-0.2, -0.15) is 0 Å². The minimum atomic E-state index is -0.268. The van der Waals surface area contributed by atoms with Crippen LogP contribution in [0, 0.1) is 0 Å². The Balaban J connectivity index is 1.72. The molecule has 1 aromatic heterocycles. The average Bonchev–Trinajstić information content (AvgIpc) is 2.70. The predicted octanol–water partition coefficient (Wildman–Crippen LogP) is 4.45. The number of anilines is 3. The van der Waals surface area contributed by atoms with E-state index in [-0.39, 0.29) is 11.6 Å². The second-order valence-corrected chi connectivity index (χ2v) is 5.84. The fourth-order valence-electron chi connectivity index (χ4n) is 2.68. The number of aryl methyl sites for hydroxylation is 1. The van der Waals surface area contributed by atoms with Gasteiger partial charge in [0.2, 0.25) is 0 Å². The fraction of sp³-hybridized carbons (Fsp3) is 0.190. The van der Waals surface area contributed by atoms with E-state index >= 15 is 0 Å². The second kappa shape index (κ2) is 8.25. The summed E-state index contributed by atoms with van der Waals surface area (Å²) in [7, 11) is 0. The predicted molar refractivity (Wildman–Crippen MR) is 105 cm³/mol. The number of aromatic nitrogens is 2. The lowest BCUT2D eigenvalue weighted by atomic mass is 10.1. The molecule has 0 unspecified atom stereocenters. The Hall–Kier alpha value is -3.21. The zero-order valence-corrected chi connectivity index (χ0v) is 15.0. The van der Waals surface area contributed by atoms with Crippen LogP contribution in [0.3, 0.4) is 0 Å². The second-order valence-electron chi connectivity index (χ2n) is 5.84. The fourth-order valence-corrected chi connectivity index (χ4v) is 2.68. The molecule has 0 saturated carbocycles. The number of benzene rings is 2. The molecule has 3 rings (SSSR count). The first-order chi connectivity index (χ1) is 12.7. The van der Waals surface area contributed by atoms with Crippen LogP contribution in [-0.2, 0) is 6.42 Å². The maximum absolute atomic E-state index is 12.4. The van der Waals surface area contributed by atoms with Gasteiger partial charge in [0, 0.05) is 17.9 Å².